The number of benzene rings is 1. The van der Waals surface area contributed by atoms with Crippen LogP contribution in [0.4, 0.5) is 10.5 Å². The second-order valence-corrected chi connectivity index (χ2v) is 6.67. The number of aliphatic hydroxyl groups excluding tert-OH is 1. The van der Waals surface area contributed by atoms with Crippen LogP contribution in [0, 0.1) is 12.8 Å². The summed E-state index contributed by atoms with van der Waals surface area (Å²) in [6.07, 6.45) is 5.89. The molecule has 1 unspecified atom stereocenters. The van der Waals surface area contributed by atoms with E-state index >= 15 is 0 Å². The zero-order valence-corrected chi connectivity index (χ0v) is 13.8. The summed E-state index contributed by atoms with van der Waals surface area (Å²) < 4.78 is 6.09. The maximum atomic E-state index is 12.4. The quantitative estimate of drug-likeness (QED) is 0.896. The number of aliphatic hydroxyl groups is 1. The number of rotatable bonds is 4. The van der Waals surface area contributed by atoms with Crippen LogP contribution in [0.25, 0.3) is 0 Å². The van der Waals surface area contributed by atoms with Crippen LogP contribution in [-0.4, -0.2) is 41.8 Å². The first-order chi connectivity index (χ1) is 11.2. The summed E-state index contributed by atoms with van der Waals surface area (Å²) in [7, 11) is 0. The van der Waals surface area contributed by atoms with E-state index in [9.17, 15) is 9.90 Å². The van der Waals surface area contributed by atoms with E-state index in [0.717, 1.165) is 36.3 Å². The number of hydrogen-bond acceptors (Lipinski definition) is 3. The third-order valence-electron chi connectivity index (χ3n) is 4.95. The molecule has 2 N–H and O–H groups in total. The van der Waals surface area contributed by atoms with Gasteiger partial charge < -0.3 is 20.1 Å². The molecule has 2 fully saturated rings. The minimum Gasteiger partial charge on any atom is -0.490 e. The number of nitrogens with zero attached hydrogens (tertiary/aromatic N) is 1. The van der Waals surface area contributed by atoms with Gasteiger partial charge in [-0.2, -0.15) is 0 Å². The third-order valence-corrected chi connectivity index (χ3v) is 4.95. The number of amides is 2. The van der Waals surface area contributed by atoms with Gasteiger partial charge >= 0.3 is 6.03 Å². The van der Waals surface area contributed by atoms with Gasteiger partial charge in [0.05, 0.1) is 6.10 Å². The molecule has 1 saturated carbocycles. The van der Waals surface area contributed by atoms with Crippen molar-refractivity contribution in [2.24, 2.45) is 5.92 Å². The van der Waals surface area contributed by atoms with Crippen molar-refractivity contribution in [2.45, 2.75) is 45.1 Å². The van der Waals surface area contributed by atoms with E-state index in [1.165, 1.54) is 12.8 Å². The van der Waals surface area contributed by atoms with Crippen molar-refractivity contribution in [3.05, 3.63) is 23.8 Å². The molecule has 0 bridgehead atoms. The predicted molar refractivity (Wildman–Crippen MR) is 89.8 cm³/mol. The second-order valence-electron chi connectivity index (χ2n) is 6.67. The van der Waals surface area contributed by atoms with Crippen molar-refractivity contribution in [3.8, 4) is 5.75 Å². The SMILES string of the molecule is Cc1c(NC(=O)N2CCC(CO)C2)cccc1OC1CCCC1. The Labute approximate surface area is 137 Å². The van der Waals surface area contributed by atoms with Crippen LogP contribution in [-0.2, 0) is 0 Å². The number of carbonyl (C=O) groups excluding carboxylic acids is 1. The zero-order chi connectivity index (χ0) is 16.2. The van der Waals surface area contributed by atoms with Crippen molar-refractivity contribution in [1.29, 1.82) is 0 Å². The Balaban J connectivity index is 1.64. The largest absolute Gasteiger partial charge is 0.490 e. The molecule has 1 saturated heterocycles. The first-order valence-corrected chi connectivity index (χ1v) is 8.60. The van der Waals surface area contributed by atoms with Gasteiger partial charge in [-0.15, -0.1) is 0 Å². The van der Waals surface area contributed by atoms with Crippen LogP contribution < -0.4 is 10.1 Å². The highest BCUT2D eigenvalue weighted by molar-refractivity contribution is 5.90. The molecule has 1 heterocycles. The Hall–Kier alpha value is -1.75. The Morgan fingerprint density at radius 1 is 1.35 bits per heavy atom. The monoisotopic (exact) mass is 318 g/mol. The molecule has 0 aromatic heterocycles. The second kappa shape index (κ2) is 7.21. The summed E-state index contributed by atoms with van der Waals surface area (Å²) in [5.41, 5.74) is 1.78. The third kappa shape index (κ3) is 3.78. The van der Waals surface area contributed by atoms with Gasteiger partial charge in [0, 0.05) is 36.9 Å². The molecule has 1 atom stereocenters. The van der Waals surface area contributed by atoms with E-state index in [1.807, 2.05) is 25.1 Å². The fourth-order valence-corrected chi connectivity index (χ4v) is 3.42. The van der Waals surface area contributed by atoms with Crippen LogP contribution in [0.1, 0.15) is 37.7 Å². The van der Waals surface area contributed by atoms with Gasteiger partial charge in [0.25, 0.3) is 0 Å². The lowest BCUT2D eigenvalue weighted by Crippen LogP contribution is -2.33. The normalized spacial score (nSPS) is 21.7. The first kappa shape index (κ1) is 16.1. The van der Waals surface area contributed by atoms with Gasteiger partial charge in [-0.05, 0) is 51.2 Å². The summed E-state index contributed by atoms with van der Waals surface area (Å²) in [5.74, 6) is 1.07. The fourth-order valence-electron chi connectivity index (χ4n) is 3.42. The predicted octanol–water partition coefficient (Wildman–Crippen LogP) is 3.16. The molecule has 5 nitrogen and oxygen atoms in total. The lowest BCUT2D eigenvalue weighted by molar-refractivity contribution is 0.208. The van der Waals surface area contributed by atoms with Gasteiger partial charge in [0.15, 0.2) is 0 Å². The van der Waals surface area contributed by atoms with Crippen LogP contribution in [0.5, 0.6) is 5.75 Å². The Bertz CT molecular complexity index is 555. The van der Waals surface area contributed by atoms with Crippen molar-refractivity contribution in [1.82, 2.24) is 4.90 Å². The van der Waals surface area contributed by atoms with E-state index in [1.54, 1.807) is 4.90 Å². The molecular weight excluding hydrogens is 292 g/mol. The van der Waals surface area contributed by atoms with Crippen molar-refractivity contribution < 1.29 is 14.6 Å². The maximum Gasteiger partial charge on any atom is 0.321 e. The van der Waals surface area contributed by atoms with E-state index in [4.69, 9.17) is 4.74 Å². The van der Waals surface area contributed by atoms with Crippen LogP contribution in [0.2, 0.25) is 0 Å². The van der Waals surface area contributed by atoms with E-state index in [0.29, 0.717) is 19.2 Å². The topological polar surface area (TPSA) is 61.8 Å². The molecule has 1 aromatic carbocycles. The number of urea groups is 1. The number of likely N-dealkylation sites (tertiary alicyclic amines) is 1. The minimum absolute atomic E-state index is 0.0953. The first-order valence-electron chi connectivity index (χ1n) is 8.60. The molecule has 2 amide bonds. The number of carbonyl (C=O) groups is 1. The molecular formula is C18H26N2O3. The van der Waals surface area contributed by atoms with Gasteiger partial charge in [-0.1, -0.05) is 6.07 Å². The molecule has 5 heteroatoms. The van der Waals surface area contributed by atoms with E-state index in [2.05, 4.69) is 5.32 Å². The number of nitrogens with one attached hydrogen (secondary N) is 1. The molecule has 0 spiro atoms. The Morgan fingerprint density at radius 2 is 2.13 bits per heavy atom. The molecule has 126 valence electrons. The Kier molecular flexibility index (Phi) is 5.06. The highest BCUT2D eigenvalue weighted by Crippen LogP contribution is 2.30. The minimum atomic E-state index is -0.0953. The molecule has 0 radical (unpaired) electrons. The van der Waals surface area contributed by atoms with Crippen molar-refractivity contribution in [2.75, 3.05) is 25.0 Å². The maximum absolute atomic E-state index is 12.4. The molecule has 1 aromatic rings. The highest BCUT2D eigenvalue weighted by atomic mass is 16.5. The summed E-state index contributed by atoms with van der Waals surface area (Å²) >= 11 is 0. The van der Waals surface area contributed by atoms with Gasteiger partial charge in [-0.3, -0.25) is 0 Å². The summed E-state index contributed by atoms with van der Waals surface area (Å²) in [5, 5.41) is 12.2. The standard InChI is InChI=1S/C18H26N2O3/c1-13-16(19-18(22)20-10-9-14(11-20)12-21)7-4-8-17(13)23-15-5-2-3-6-15/h4,7-8,14-15,21H,2-3,5-6,9-12H2,1H3,(H,19,22). The molecule has 23 heavy (non-hydrogen) atoms. The zero-order valence-electron chi connectivity index (χ0n) is 13.8. The lowest BCUT2D eigenvalue weighted by atomic mass is 10.1. The Morgan fingerprint density at radius 3 is 2.83 bits per heavy atom. The molecule has 2 aliphatic rings. The molecule has 3 rings (SSSR count). The molecule has 1 aliphatic carbocycles. The van der Waals surface area contributed by atoms with Gasteiger partial charge in [0.1, 0.15) is 5.75 Å². The van der Waals surface area contributed by atoms with Crippen molar-refractivity contribution >= 4 is 11.7 Å². The van der Waals surface area contributed by atoms with Crippen LogP contribution in [0.15, 0.2) is 18.2 Å². The fraction of sp³-hybridized carbons (Fsp3) is 0.611. The smallest absolute Gasteiger partial charge is 0.321 e. The van der Waals surface area contributed by atoms with E-state index < -0.39 is 0 Å². The van der Waals surface area contributed by atoms with Crippen molar-refractivity contribution in [3.63, 3.8) is 0 Å². The van der Waals surface area contributed by atoms with Crippen LogP contribution >= 0.6 is 0 Å². The van der Waals surface area contributed by atoms with Gasteiger partial charge in [0.2, 0.25) is 0 Å². The highest BCUT2D eigenvalue weighted by Gasteiger charge is 2.26. The average molecular weight is 318 g/mol. The number of anilines is 1. The summed E-state index contributed by atoms with van der Waals surface area (Å²) in [4.78, 5) is 14.1. The van der Waals surface area contributed by atoms with E-state index in [-0.39, 0.29) is 18.6 Å². The summed E-state index contributed by atoms with van der Waals surface area (Å²) in [6, 6.07) is 5.71. The number of ether oxygens (including phenoxy) is 1. The summed E-state index contributed by atoms with van der Waals surface area (Å²) in [6.45, 7) is 3.46. The van der Waals surface area contributed by atoms with Crippen LogP contribution in [0.3, 0.4) is 0 Å². The van der Waals surface area contributed by atoms with Gasteiger partial charge in [-0.25, -0.2) is 4.79 Å². The number of hydrogen-bond donors (Lipinski definition) is 2. The molecule has 1 aliphatic heterocycles. The average Bonchev–Trinajstić information content (AvgIpc) is 3.22. The lowest BCUT2D eigenvalue weighted by Gasteiger charge is -2.20.